The molecule has 4 atom stereocenters. The van der Waals surface area contributed by atoms with Gasteiger partial charge in [-0.1, -0.05) is 40.5 Å². The minimum atomic E-state index is 0.540. The van der Waals surface area contributed by atoms with Gasteiger partial charge in [0.25, 0.3) is 0 Å². The zero-order valence-corrected chi connectivity index (χ0v) is 13.7. The molecule has 19 heavy (non-hydrogen) atoms. The molecule has 0 aliphatic heterocycles. The van der Waals surface area contributed by atoms with Crippen LogP contribution in [-0.2, 0) is 0 Å². The standard InChI is InChI=1S/C18H35N/c1-5-8-18(4,13-19-12-14(2)3)11-17-10-15-6-7-16(17)9-15/h14-17,19H,5-13H2,1-4H3. The summed E-state index contributed by atoms with van der Waals surface area (Å²) in [4.78, 5) is 0. The number of hydrogen-bond donors (Lipinski definition) is 1. The number of rotatable bonds is 8. The van der Waals surface area contributed by atoms with Crippen molar-refractivity contribution in [2.45, 2.75) is 72.6 Å². The summed E-state index contributed by atoms with van der Waals surface area (Å²) in [6, 6.07) is 0. The van der Waals surface area contributed by atoms with Gasteiger partial charge in [0, 0.05) is 6.54 Å². The van der Waals surface area contributed by atoms with E-state index in [0.29, 0.717) is 5.41 Å². The van der Waals surface area contributed by atoms with Crippen LogP contribution in [0.3, 0.4) is 0 Å². The van der Waals surface area contributed by atoms with E-state index < -0.39 is 0 Å². The summed E-state index contributed by atoms with van der Waals surface area (Å²) in [6.45, 7) is 11.9. The normalized spacial score (nSPS) is 33.0. The van der Waals surface area contributed by atoms with E-state index in [0.717, 1.165) is 23.7 Å². The lowest BCUT2D eigenvalue weighted by Gasteiger charge is -2.35. The van der Waals surface area contributed by atoms with Crippen LogP contribution in [0.25, 0.3) is 0 Å². The first-order valence-corrected chi connectivity index (χ1v) is 8.73. The molecule has 0 saturated heterocycles. The lowest BCUT2D eigenvalue weighted by Crippen LogP contribution is -2.36. The molecule has 1 N–H and O–H groups in total. The van der Waals surface area contributed by atoms with E-state index in [9.17, 15) is 0 Å². The predicted octanol–water partition coefficient (Wildman–Crippen LogP) is 4.86. The van der Waals surface area contributed by atoms with Crippen LogP contribution in [0.1, 0.15) is 72.6 Å². The zero-order valence-electron chi connectivity index (χ0n) is 13.7. The van der Waals surface area contributed by atoms with Crippen LogP contribution in [0.2, 0.25) is 0 Å². The third-order valence-electron chi connectivity index (χ3n) is 5.60. The Kier molecular flexibility index (Phi) is 5.34. The molecule has 1 heteroatoms. The average molecular weight is 265 g/mol. The van der Waals surface area contributed by atoms with Crippen LogP contribution >= 0.6 is 0 Å². The fourth-order valence-corrected chi connectivity index (χ4v) is 4.79. The molecule has 1 nitrogen and oxygen atoms in total. The Morgan fingerprint density at radius 3 is 2.53 bits per heavy atom. The van der Waals surface area contributed by atoms with Crippen molar-refractivity contribution < 1.29 is 0 Å². The molecule has 0 radical (unpaired) electrons. The lowest BCUT2D eigenvalue weighted by molar-refractivity contribution is 0.170. The third kappa shape index (κ3) is 4.21. The van der Waals surface area contributed by atoms with E-state index in [1.807, 2.05) is 0 Å². The van der Waals surface area contributed by atoms with Crippen LogP contribution < -0.4 is 5.32 Å². The highest BCUT2D eigenvalue weighted by atomic mass is 14.9. The van der Waals surface area contributed by atoms with Crippen molar-refractivity contribution in [1.82, 2.24) is 5.32 Å². The summed E-state index contributed by atoms with van der Waals surface area (Å²) >= 11 is 0. The Hall–Kier alpha value is -0.0400. The second-order valence-electron chi connectivity index (χ2n) is 8.22. The Labute approximate surface area is 120 Å². The maximum absolute atomic E-state index is 3.73. The summed E-state index contributed by atoms with van der Waals surface area (Å²) in [5, 5.41) is 3.73. The highest BCUT2D eigenvalue weighted by Crippen LogP contribution is 2.52. The van der Waals surface area contributed by atoms with Crippen LogP contribution in [0, 0.1) is 29.1 Å². The molecule has 0 spiro atoms. The highest BCUT2D eigenvalue weighted by molar-refractivity contribution is 4.93. The minimum Gasteiger partial charge on any atom is -0.316 e. The number of fused-ring (bicyclic) bond motifs is 2. The molecule has 0 aromatic carbocycles. The van der Waals surface area contributed by atoms with E-state index in [1.54, 1.807) is 12.8 Å². The highest BCUT2D eigenvalue weighted by Gasteiger charge is 2.42. The van der Waals surface area contributed by atoms with Gasteiger partial charge in [0.2, 0.25) is 0 Å². The van der Waals surface area contributed by atoms with Crippen molar-refractivity contribution in [1.29, 1.82) is 0 Å². The third-order valence-corrected chi connectivity index (χ3v) is 5.60. The number of nitrogens with one attached hydrogen (secondary N) is 1. The van der Waals surface area contributed by atoms with Crippen LogP contribution in [-0.4, -0.2) is 13.1 Å². The molecule has 0 aromatic heterocycles. The molecule has 2 rings (SSSR count). The largest absolute Gasteiger partial charge is 0.316 e. The van der Waals surface area contributed by atoms with Gasteiger partial charge in [0.05, 0.1) is 0 Å². The van der Waals surface area contributed by atoms with Gasteiger partial charge in [-0.2, -0.15) is 0 Å². The smallest absolute Gasteiger partial charge is 0.000537 e. The maximum atomic E-state index is 3.73. The summed E-state index contributed by atoms with van der Waals surface area (Å²) < 4.78 is 0. The van der Waals surface area contributed by atoms with Crippen molar-refractivity contribution in [3.8, 4) is 0 Å². The molecule has 0 aromatic rings. The van der Waals surface area contributed by atoms with E-state index in [4.69, 9.17) is 0 Å². The van der Waals surface area contributed by atoms with Crippen LogP contribution in [0.15, 0.2) is 0 Å². The lowest BCUT2D eigenvalue weighted by atomic mass is 9.72. The monoisotopic (exact) mass is 265 g/mol. The van der Waals surface area contributed by atoms with Crippen LogP contribution in [0.5, 0.6) is 0 Å². The van der Waals surface area contributed by atoms with Gasteiger partial charge in [-0.25, -0.2) is 0 Å². The average Bonchev–Trinajstić information content (AvgIpc) is 2.90. The summed E-state index contributed by atoms with van der Waals surface area (Å²) in [5.74, 6) is 4.01. The van der Waals surface area contributed by atoms with Gasteiger partial charge in [-0.05, 0) is 67.7 Å². The fraction of sp³-hybridized carbons (Fsp3) is 1.00. The predicted molar refractivity (Wildman–Crippen MR) is 84.3 cm³/mol. The van der Waals surface area contributed by atoms with Crippen molar-refractivity contribution in [2.24, 2.45) is 29.1 Å². The molecule has 0 amide bonds. The van der Waals surface area contributed by atoms with E-state index >= 15 is 0 Å². The first-order valence-electron chi connectivity index (χ1n) is 8.73. The van der Waals surface area contributed by atoms with E-state index in [1.165, 1.54) is 45.2 Å². The molecule has 2 bridgehead atoms. The van der Waals surface area contributed by atoms with E-state index in [2.05, 4.69) is 33.0 Å². The second-order valence-corrected chi connectivity index (χ2v) is 8.22. The Morgan fingerprint density at radius 2 is 2.00 bits per heavy atom. The summed E-state index contributed by atoms with van der Waals surface area (Å²) in [6.07, 6.45) is 10.4. The molecular weight excluding hydrogens is 230 g/mol. The number of hydrogen-bond acceptors (Lipinski definition) is 1. The van der Waals surface area contributed by atoms with Gasteiger partial charge >= 0.3 is 0 Å². The zero-order chi connectivity index (χ0) is 13.9. The molecule has 0 heterocycles. The van der Waals surface area contributed by atoms with Gasteiger partial charge in [-0.3, -0.25) is 0 Å². The van der Waals surface area contributed by atoms with Crippen molar-refractivity contribution in [3.05, 3.63) is 0 Å². The van der Waals surface area contributed by atoms with Gasteiger partial charge in [0.1, 0.15) is 0 Å². The minimum absolute atomic E-state index is 0.540. The molecule has 2 aliphatic carbocycles. The Bertz CT molecular complexity index is 273. The van der Waals surface area contributed by atoms with Crippen molar-refractivity contribution in [3.63, 3.8) is 0 Å². The quantitative estimate of drug-likeness (QED) is 0.660. The Balaban J connectivity index is 1.83. The topological polar surface area (TPSA) is 12.0 Å². The summed E-state index contributed by atoms with van der Waals surface area (Å²) in [5.41, 5.74) is 0.540. The SMILES string of the molecule is CCCC(C)(CNCC(C)C)CC1CC2CCC1C2. The molecule has 4 unspecified atom stereocenters. The van der Waals surface area contributed by atoms with Crippen LogP contribution in [0.4, 0.5) is 0 Å². The molecule has 2 aliphatic rings. The molecule has 2 saturated carbocycles. The summed E-state index contributed by atoms with van der Waals surface area (Å²) in [7, 11) is 0. The van der Waals surface area contributed by atoms with Gasteiger partial charge in [-0.15, -0.1) is 0 Å². The van der Waals surface area contributed by atoms with Crippen molar-refractivity contribution in [2.75, 3.05) is 13.1 Å². The first-order chi connectivity index (χ1) is 9.02. The van der Waals surface area contributed by atoms with Gasteiger partial charge in [0.15, 0.2) is 0 Å². The maximum Gasteiger partial charge on any atom is 0.000537 e. The van der Waals surface area contributed by atoms with Crippen molar-refractivity contribution >= 4 is 0 Å². The molecular formula is C18H35N. The molecule has 2 fully saturated rings. The Morgan fingerprint density at radius 1 is 1.21 bits per heavy atom. The fourth-order valence-electron chi connectivity index (χ4n) is 4.79. The molecule has 112 valence electrons. The van der Waals surface area contributed by atoms with Gasteiger partial charge < -0.3 is 5.32 Å². The first kappa shape index (κ1) is 15.4. The second kappa shape index (κ2) is 6.61. The van der Waals surface area contributed by atoms with E-state index in [-0.39, 0.29) is 0 Å².